The van der Waals surface area contributed by atoms with Crippen molar-refractivity contribution in [3.63, 3.8) is 0 Å². The summed E-state index contributed by atoms with van der Waals surface area (Å²) in [6.07, 6.45) is 3.63. The molecule has 1 amide bonds. The molecule has 4 heterocycles. The molecule has 0 unspecified atom stereocenters. The van der Waals surface area contributed by atoms with Gasteiger partial charge in [0.25, 0.3) is 0 Å². The number of carbonyl (C=O) groups is 1. The summed E-state index contributed by atoms with van der Waals surface area (Å²) in [7, 11) is 0. The third-order valence-electron chi connectivity index (χ3n) is 3.97. The lowest BCUT2D eigenvalue weighted by molar-refractivity contribution is -0.132. The predicted octanol–water partition coefficient (Wildman–Crippen LogP) is 4.63. The molecule has 5 nitrogen and oxygen atoms in total. The maximum absolute atomic E-state index is 12.9. The van der Waals surface area contributed by atoms with Crippen molar-refractivity contribution in [2.45, 2.75) is 19.5 Å². The zero-order valence-electron chi connectivity index (χ0n) is 14.4. The summed E-state index contributed by atoms with van der Waals surface area (Å²) < 4.78 is 5.43. The molecular weight excluding hydrogens is 378 g/mol. The quantitative estimate of drug-likeness (QED) is 0.458. The molecule has 0 bridgehead atoms. The van der Waals surface area contributed by atoms with Crippen molar-refractivity contribution in [3.05, 3.63) is 82.0 Å². The topological polar surface area (TPSA) is 59.2 Å². The van der Waals surface area contributed by atoms with Gasteiger partial charge in [0.2, 0.25) is 5.91 Å². The van der Waals surface area contributed by atoms with E-state index in [9.17, 15) is 4.79 Å². The van der Waals surface area contributed by atoms with Gasteiger partial charge < -0.3 is 9.32 Å². The van der Waals surface area contributed by atoms with Crippen LogP contribution >= 0.6 is 22.7 Å². The van der Waals surface area contributed by atoms with E-state index < -0.39 is 0 Å². The van der Waals surface area contributed by atoms with Crippen LogP contribution in [0.2, 0.25) is 0 Å². The highest BCUT2D eigenvalue weighted by Gasteiger charge is 2.18. The standard InChI is InChI=1S/C20H17N3O2S2/c24-19(11-15-14-27-20(22-15)18-7-1-2-8-21-18)23(12-16-5-3-9-25-16)13-17-6-4-10-26-17/h1-10,14H,11-13H2. The molecule has 0 spiro atoms. The second kappa shape index (κ2) is 8.28. The normalized spacial score (nSPS) is 10.8. The Morgan fingerprint density at radius 2 is 2.04 bits per heavy atom. The lowest BCUT2D eigenvalue weighted by atomic mass is 10.2. The van der Waals surface area contributed by atoms with E-state index in [1.165, 1.54) is 11.3 Å². The molecule has 4 aromatic heterocycles. The maximum Gasteiger partial charge on any atom is 0.229 e. The first kappa shape index (κ1) is 17.6. The van der Waals surface area contributed by atoms with Crippen LogP contribution in [-0.4, -0.2) is 20.8 Å². The first-order valence-electron chi connectivity index (χ1n) is 8.46. The van der Waals surface area contributed by atoms with E-state index in [0.29, 0.717) is 13.1 Å². The summed E-state index contributed by atoms with van der Waals surface area (Å²) in [6.45, 7) is 1.01. The van der Waals surface area contributed by atoms with E-state index in [1.54, 1.807) is 23.8 Å². The van der Waals surface area contributed by atoms with Gasteiger partial charge in [0.15, 0.2) is 0 Å². The molecule has 0 fully saturated rings. The van der Waals surface area contributed by atoms with Crippen LogP contribution in [0.1, 0.15) is 16.3 Å². The minimum absolute atomic E-state index is 0.0256. The van der Waals surface area contributed by atoms with Gasteiger partial charge in [0.1, 0.15) is 10.8 Å². The SMILES string of the molecule is O=C(Cc1csc(-c2ccccn2)n1)N(Cc1ccco1)Cc1cccs1. The Morgan fingerprint density at radius 3 is 2.78 bits per heavy atom. The Kier molecular flexibility index (Phi) is 5.41. The summed E-state index contributed by atoms with van der Waals surface area (Å²) in [5.74, 6) is 0.796. The minimum Gasteiger partial charge on any atom is -0.467 e. The molecule has 0 aromatic carbocycles. The van der Waals surface area contributed by atoms with Crippen LogP contribution in [0.5, 0.6) is 0 Å². The Morgan fingerprint density at radius 1 is 1.07 bits per heavy atom. The van der Waals surface area contributed by atoms with Crippen LogP contribution in [0.15, 0.2) is 70.1 Å². The summed E-state index contributed by atoms with van der Waals surface area (Å²) in [6, 6.07) is 13.5. The van der Waals surface area contributed by atoms with Crippen LogP contribution in [0.4, 0.5) is 0 Å². The molecule has 0 atom stereocenters. The fourth-order valence-corrected chi connectivity index (χ4v) is 4.19. The van der Waals surface area contributed by atoms with Gasteiger partial charge in [-0.05, 0) is 35.7 Å². The Labute approximate surface area is 164 Å². The summed E-state index contributed by atoms with van der Waals surface area (Å²) in [5.41, 5.74) is 1.59. The summed E-state index contributed by atoms with van der Waals surface area (Å²) in [5, 5.41) is 4.78. The fraction of sp³-hybridized carbons (Fsp3) is 0.150. The van der Waals surface area contributed by atoms with E-state index in [-0.39, 0.29) is 12.3 Å². The second-order valence-electron chi connectivity index (χ2n) is 5.94. The van der Waals surface area contributed by atoms with Gasteiger partial charge in [0, 0.05) is 16.5 Å². The monoisotopic (exact) mass is 395 g/mol. The number of thiazole rings is 1. The largest absolute Gasteiger partial charge is 0.467 e. The van der Waals surface area contributed by atoms with Gasteiger partial charge in [-0.15, -0.1) is 22.7 Å². The van der Waals surface area contributed by atoms with Crippen molar-refractivity contribution in [3.8, 4) is 10.7 Å². The lowest BCUT2D eigenvalue weighted by Gasteiger charge is -2.20. The molecule has 0 saturated carbocycles. The van der Waals surface area contributed by atoms with Gasteiger partial charge in [-0.25, -0.2) is 4.98 Å². The highest BCUT2D eigenvalue weighted by atomic mass is 32.1. The number of hydrogen-bond donors (Lipinski definition) is 0. The highest BCUT2D eigenvalue weighted by molar-refractivity contribution is 7.13. The van der Waals surface area contributed by atoms with E-state index in [0.717, 1.165) is 27.0 Å². The van der Waals surface area contributed by atoms with Gasteiger partial charge in [-0.2, -0.15) is 0 Å². The first-order chi connectivity index (χ1) is 13.3. The molecule has 136 valence electrons. The van der Waals surface area contributed by atoms with Crippen molar-refractivity contribution in [2.75, 3.05) is 0 Å². The number of furan rings is 1. The summed E-state index contributed by atoms with van der Waals surface area (Å²) >= 11 is 3.15. The Bertz CT molecular complexity index is 943. The van der Waals surface area contributed by atoms with Gasteiger partial charge in [-0.3, -0.25) is 9.78 Å². The molecule has 0 aliphatic rings. The lowest BCUT2D eigenvalue weighted by Crippen LogP contribution is -2.31. The molecule has 0 radical (unpaired) electrons. The van der Waals surface area contributed by atoms with Crippen LogP contribution in [-0.2, 0) is 24.3 Å². The number of hydrogen-bond acceptors (Lipinski definition) is 6. The van der Waals surface area contributed by atoms with E-state index >= 15 is 0 Å². The average Bonchev–Trinajstić information content (AvgIpc) is 3.45. The van der Waals surface area contributed by atoms with Gasteiger partial charge >= 0.3 is 0 Å². The number of rotatable bonds is 7. The number of pyridine rings is 1. The average molecular weight is 396 g/mol. The van der Waals surface area contributed by atoms with Crippen LogP contribution < -0.4 is 0 Å². The van der Waals surface area contributed by atoms with Gasteiger partial charge in [-0.1, -0.05) is 12.1 Å². The zero-order chi connectivity index (χ0) is 18.5. The highest BCUT2D eigenvalue weighted by Crippen LogP contribution is 2.22. The van der Waals surface area contributed by atoms with E-state index in [1.807, 2.05) is 58.1 Å². The second-order valence-corrected chi connectivity index (χ2v) is 7.83. The third-order valence-corrected chi connectivity index (χ3v) is 5.75. The number of amides is 1. The Hall–Kier alpha value is -2.77. The van der Waals surface area contributed by atoms with E-state index in [2.05, 4.69) is 9.97 Å². The molecule has 0 aliphatic heterocycles. The number of carbonyl (C=O) groups excluding carboxylic acids is 1. The first-order valence-corrected chi connectivity index (χ1v) is 10.2. The third kappa shape index (κ3) is 4.50. The number of thiophene rings is 1. The zero-order valence-corrected chi connectivity index (χ0v) is 16.1. The fourth-order valence-electron chi connectivity index (χ4n) is 2.68. The van der Waals surface area contributed by atoms with Crippen LogP contribution in [0.25, 0.3) is 10.7 Å². The molecular formula is C20H17N3O2S2. The molecule has 0 saturated heterocycles. The van der Waals surface area contributed by atoms with Crippen molar-refractivity contribution >= 4 is 28.6 Å². The van der Waals surface area contributed by atoms with Crippen molar-refractivity contribution < 1.29 is 9.21 Å². The molecule has 0 N–H and O–H groups in total. The summed E-state index contributed by atoms with van der Waals surface area (Å²) in [4.78, 5) is 24.8. The Balaban J connectivity index is 1.48. The number of nitrogens with zero attached hydrogens (tertiary/aromatic N) is 3. The van der Waals surface area contributed by atoms with Crippen LogP contribution in [0, 0.1) is 0 Å². The van der Waals surface area contributed by atoms with Crippen molar-refractivity contribution in [1.29, 1.82) is 0 Å². The molecule has 7 heteroatoms. The molecule has 4 aromatic rings. The maximum atomic E-state index is 12.9. The van der Waals surface area contributed by atoms with Crippen molar-refractivity contribution in [2.24, 2.45) is 0 Å². The minimum atomic E-state index is 0.0256. The van der Waals surface area contributed by atoms with E-state index in [4.69, 9.17) is 4.42 Å². The molecule has 27 heavy (non-hydrogen) atoms. The number of aromatic nitrogens is 2. The molecule has 0 aliphatic carbocycles. The van der Waals surface area contributed by atoms with Gasteiger partial charge in [0.05, 0.1) is 37.2 Å². The van der Waals surface area contributed by atoms with Crippen LogP contribution in [0.3, 0.4) is 0 Å². The smallest absolute Gasteiger partial charge is 0.229 e. The van der Waals surface area contributed by atoms with Crippen molar-refractivity contribution in [1.82, 2.24) is 14.9 Å². The predicted molar refractivity (Wildman–Crippen MR) is 106 cm³/mol. The molecule has 4 rings (SSSR count).